The van der Waals surface area contributed by atoms with Gasteiger partial charge in [0.25, 0.3) is 0 Å². The Morgan fingerprint density at radius 2 is 1.70 bits per heavy atom. The average Bonchev–Trinajstić information content (AvgIpc) is 2.50. The van der Waals surface area contributed by atoms with Crippen LogP contribution in [0.2, 0.25) is 0 Å². The molecule has 1 heterocycles. The van der Waals surface area contributed by atoms with Gasteiger partial charge in [0.1, 0.15) is 5.60 Å². The molecule has 2 rings (SSSR count). The first-order valence-electron chi connectivity index (χ1n) is 8.35. The molecule has 0 spiro atoms. The van der Waals surface area contributed by atoms with Crippen molar-refractivity contribution in [3.8, 4) is 0 Å². The highest BCUT2D eigenvalue weighted by molar-refractivity contribution is 5.69. The van der Waals surface area contributed by atoms with Gasteiger partial charge in [-0.05, 0) is 51.5 Å². The lowest BCUT2D eigenvalue weighted by atomic mass is 10.1. The van der Waals surface area contributed by atoms with Gasteiger partial charge in [-0.1, -0.05) is 13.8 Å². The van der Waals surface area contributed by atoms with Crippen molar-refractivity contribution in [3.05, 3.63) is 23.8 Å². The van der Waals surface area contributed by atoms with Crippen LogP contribution in [0.15, 0.2) is 18.2 Å². The minimum absolute atomic E-state index is 0.226. The molecule has 5 nitrogen and oxygen atoms in total. The molecule has 0 radical (unpaired) electrons. The fourth-order valence-corrected chi connectivity index (χ4v) is 2.33. The third-order valence-corrected chi connectivity index (χ3v) is 3.55. The van der Waals surface area contributed by atoms with Gasteiger partial charge in [0.15, 0.2) is 0 Å². The summed E-state index contributed by atoms with van der Waals surface area (Å²) in [6, 6.07) is 6.06. The van der Waals surface area contributed by atoms with E-state index >= 15 is 0 Å². The minimum Gasteiger partial charge on any atom is -0.444 e. The molecule has 130 valence electrons. The zero-order valence-corrected chi connectivity index (χ0v) is 15.3. The number of hydrogen-bond acceptors (Lipinski definition) is 4. The Labute approximate surface area is 140 Å². The lowest BCUT2D eigenvalue weighted by Crippen LogP contribution is -2.50. The quantitative estimate of drug-likeness (QED) is 0.802. The van der Waals surface area contributed by atoms with Gasteiger partial charge >= 0.3 is 6.09 Å². The Bertz CT molecular complexity index is 515. The number of carbonyl (C=O) groups is 1. The maximum atomic E-state index is 12.0. The van der Waals surface area contributed by atoms with Gasteiger partial charge in [0.05, 0.1) is 0 Å². The van der Waals surface area contributed by atoms with Crippen molar-refractivity contribution in [1.82, 2.24) is 4.90 Å². The van der Waals surface area contributed by atoms with Crippen LogP contribution in [-0.2, 0) is 4.74 Å². The predicted octanol–water partition coefficient (Wildman–Crippen LogP) is 3.66. The number of amides is 1. The van der Waals surface area contributed by atoms with Gasteiger partial charge in [0, 0.05) is 37.6 Å². The van der Waals surface area contributed by atoms with E-state index in [4.69, 9.17) is 10.5 Å². The van der Waals surface area contributed by atoms with Crippen LogP contribution in [0.25, 0.3) is 0 Å². The van der Waals surface area contributed by atoms with Crippen LogP contribution in [0.5, 0.6) is 0 Å². The van der Waals surface area contributed by atoms with Crippen molar-refractivity contribution in [2.75, 3.05) is 36.8 Å². The molecule has 1 aliphatic rings. The number of carbonyl (C=O) groups excluding carboxylic acids is 1. The molecular formula is C18H31N3O2. The van der Waals surface area contributed by atoms with Crippen molar-refractivity contribution in [2.24, 2.45) is 0 Å². The summed E-state index contributed by atoms with van der Waals surface area (Å²) in [5.41, 5.74) is 8.46. The second-order valence-electron chi connectivity index (χ2n) is 6.50. The molecule has 1 aromatic carbocycles. The molecule has 0 aliphatic carbocycles. The fraction of sp³-hybridized carbons (Fsp3) is 0.611. The van der Waals surface area contributed by atoms with E-state index in [9.17, 15) is 4.79 Å². The van der Waals surface area contributed by atoms with Gasteiger partial charge in [-0.2, -0.15) is 0 Å². The number of nitrogens with zero attached hydrogens (tertiary/aromatic N) is 2. The first-order valence-corrected chi connectivity index (χ1v) is 8.35. The molecule has 1 aromatic rings. The van der Waals surface area contributed by atoms with E-state index in [-0.39, 0.29) is 6.09 Å². The Hall–Kier alpha value is -1.91. The molecule has 0 aromatic heterocycles. The Morgan fingerprint density at radius 1 is 1.13 bits per heavy atom. The number of ether oxygens (including phenoxy) is 1. The Kier molecular flexibility index (Phi) is 6.73. The summed E-state index contributed by atoms with van der Waals surface area (Å²) in [4.78, 5) is 16.1. The standard InChI is InChI=1S/C16H25N3O2.C2H6/c1-12-11-13(5-6-14(12)17)18-7-9-19(10-8-18)15(20)21-16(2,3)4;1-2/h5-6,11H,7-10,17H2,1-4H3;1-2H3. The normalized spacial score (nSPS) is 14.9. The largest absolute Gasteiger partial charge is 0.444 e. The summed E-state index contributed by atoms with van der Waals surface area (Å²) in [6.45, 7) is 14.6. The van der Waals surface area contributed by atoms with Gasteiger partial charge < -0.3 is 20.3 Å². The number of anilines is 2. The fourth-order valence-electron chi connectivity index (χ4n) is 2.33. The average molecular weight is 321 g/mol. The molecule has 0 unspecified atom stereocenters. The summed E-state index contributed by atoms with van der Waals surface area (Å²) in [7, 11) is 0. The molecule has 1 aliphatic heterocycles. The van der Waals surface area contributed by atoms with Crippen LogP contribution in [0.1, 0.15) is 40.2 Å². The van der Waals surface area contributed by atoms with Crippen molar-refractivity contribution in [2.45, 2.75) is 47.1 Å². The predicted molar refractivity (Wildman–Crippen MR) is 97.0 cm³/mol. The lowest BCUT2D eigenvalue weighted by molar-refractivity contribution is 0.0240. The number of rotatable bonds is 1. The third-order valence-electron chi connectivity index (χ3n) is 3.55. The van der Waals surface area contributed by atoms with Crippen LogP contribution in [0.3, 0.4) is 0 Å². The van der Waals surface area contributed by atoms with E-state index in [1.54, 1.807) is 4.90 Å². The maximum Gasteiger partial charge on any atom is 0.410 e. The Balaban J connectivity index is 0.00000127. The number of nitrogens with two attached hydrogens (primary N) is 1. The summed E-state index contributed by atoms with van der Waals surface area (Å²) >= 11 is 0. The maximum absolute atomic E-state index is 12.0. The zero-order chi connectivity index (χ0) is 17.6. The van der Waals surface area contributed by atoms with E-state index < -0.39 is 5.60 Å². The molecule has 1 saturated heterocycles. The molecule has 0 atom stereocenters. The molecule has 0 saturated carbocycles. The van der Waals surface area contributed by atoms with E-state index in [2.05, 4.69) is 11.0 Å². The van der Waals surface area contributed by atoms with Crippen molar-refractivity contribution >= 4 is 17.5 Å². The van der Waals surface area contributed by atoms with Crippen LogP contribution < -0.4 is 10.6 Å². The number of nitrogen functional groups attached to an aromatic ring is 1. The molecule has 1 fully saturated rings. The highest BCUT2D eigenvalue weighted by Gasteiger charge is 2.25. The van der Waals surface area contributed by atoms with Gasteiger partial charge in [-0.3, -0.25) is 0 Å². The molecule has 1 amide bonds. The number of benzene rings is 1. The second-order valence-corrected chi connectivity index (χ2v) is 6.50. The summed E-state index contributed by atoms with van der Waals surface area (Å²) in [5.74, 6) is 0. The summed E-state index contributed by atoms with van der Waals surface area (Å²) in [5, 5.41) is 0. The van der Waals surface area contributed by atoms with E-state index in [1.165, 1.54) is 0 Å². The van der Waals surface area contributed by atoms with Crippen LogP contribution in [-0.4, -0.2) is 42.8 Å². The number of piperazine rings is 1. The zero-order valence-electron chi connectivity index (χ0n) is 15.3. The molecule has 0 bridgehead atoms. The van der Waals surface area contributed by atoms with Crippen molar-refractivity contribution in [1.29, 1.82) is 0 Å². The van der Waals surface area contributed by atoms with Crippen LogP contribution >= 0.6 is 0 Å². The first kappa shape index (κ1) is 19.1. The van der Waals surface area contributed by atoms with Crippen molar-refractivity contribution < 1.29 is 9.53 Å². The highest BCUT2D eigenvalue weighted by Crippen LogP contribution is 2.22. The van der Waals surface area contributed by atoms with Crippen molar-refractivity contribution in [3.63, 3.8) is 0 Å². The lowest BCUT2D eigenvalue weighted by Gasteiger charge is -2.36. The second kappa shape index (κ2) is 8.09. The van der Waals surface area contributed by atoms with Crippen LogP contribution in [0, 0.1) is 6.92 Å². The minimum atomic E-state index is -0.442. The smallest absolute Gasteiger partial charge is 0.410 e. The SMILES string of the molecule is CC.Cc1cc(N2CCN(C(=O)OC(C)(C)C)CC2)ccc1N. The Morgan fingerprint density at radius 3 is 2.17 bits per heavy atom. The number of hydrogen-bond donors (Lipinski definition) is 1. The summed E-state index contributed by atoms with van der Waals surface area (Å²) in [6.07, 6.45) is -0.226. The first-order chi connectivity index (χ1) is 10.8. The van der Waals surface area contributed by atoms with Gasteiger partial charge in [-0.25, -0.2) is 4.79 Å². The highest BCUT2D eigenvalue weighted by atomic mass is 16.6. The van der Waals surface area contributed by atoms with E-state index in [0.717, 1.165) is 30.0 Å². The van der Waals surface area contributed by atoms with Gasteiger partial charge in [0.2, 0.25) is 0 Å². The molecular weight excluding hydrogens is 290 g/mol. The molecule has 2 N–H and O–H groups in total. The van der Waals surface area contributed by atoms with E-state index in [0.29, 0.717) is 13.1 Å². The molecule has 23 heavy (non-hydrogen) atoms. The van der Waals surface area contributed by atoms with Crippen LogP contribution in [0.4, 0.5) is 16.2 Å². The number of aryl methyl sites for hydroxylation is 1. The van der Waals surface area contributed by atoms with Gasteiger partial charge in [-0.15, -0.1) is 0 Å². The third kappa shape index (κ3) is 5.66. The van der Waals surface area contributed by atoms with E-state index in [1.807, 2.05) is 53.7 Å². The topological polar surface area (TPSA) is 58.8 Å². The summed E-state index contributed by atoms with van der Waals surface area (Å²) < 4.78 is 5.40. The molecule has 5 heteroatoms. The monoisotopic (exact) mass is 321 g/mol.